The quantitative estimate of drug-likeness (QED) is 0.784. The van der Waals surface area contributed by atoms with Gasteiger partial charge in [0.05, 0.1) is 19.1 Å². The number of imide groups is 1. The summed E-state index contributed by atoms with van der Waals surface area (Å²) < 4.78 is 1.82. The molecule has 27 heavy (non-hydrogen) atoms. The van der Waals surface area contributed by atoms with Gasteiger partial charge in [-0.25, -0.2) is 14.5 Å². The highest BCUT2D eigenvalue weighted by Gasteiger charge is 2.32. The molecule has 2 aliphatic rings. The van der Waals surface area contributed by atoms with E-state index in [-0.39, 0.29) is 25.0 Å². The third kappa shape index (κ3) is 3.57. The van der Waals surface area contributed by atoms with E-state index in [1.54, 1.807) is 0 Å². The van der Waals surface area contributed by atoms with Gasteiger partial charge in [0.1, 0.15) is 11.9 Å². The highest BCUT2D eigenvalue weighted by molar-refractivity contribution is 6.01. The minimum atomic E-state index is -0.946. The van der Waals surface area contributed by atoms with Crippen LogP contribution in [-0.4, -0.2) is 43.3 Å². The number of carbonyl (C=O) groups is 2. The Morgan fingerprint density at radius 3 is 2.56 bits per heavy atom. The maximum atomic E-state index is 12.0. The summed E-state index contributed by atoms with van der Waals surface area (Å²) in [6.45, 7) is 0.0750. The third-order valence-electron chi connectivity index (χ3n) is 5.24. The number of nitrogens with one attached hydrogen (secondary N) is 1. The number of nitrogens with zero attached hydrogens (tertiary/aromatic N) is 4. The monoisotopic (exact) mass is 369 g/mol. The number of aliphatic hydroxyl groups is 1. The van der Waals surface area contributed by atoms with Gasteiger partial charge < -0.3 is 10.4 Å². The lowest BCUT2D eigenvalue weighted by Crippen LogP contribution is -2.32. The second kappa shape index (κ2) is 7.48. The highest BCUT2D eigenvalue weighted by atomic mass is 16.3. The predicted molar refractivity (Wildman–Crippen MR) is 96.6 cm³/mol. The summed E-state index contributed by atoms with van der Waals surface area (Å²) in [5, 5.41) is 17.8. The van der Waals surface area contributed by atoms with Gasteiger partial charge in [-0.3, -0.25) is 9.69 Å². The van der Waals surface area contributed by atoms with Crippen LogP contribution in [0, 0.1) is 0 Å². The molecule has 1 aliphatic heterocycles. The maximum Gasteiger partial charge on any atom is 0.325 e. The molecule has 1 aromatic carbocycles. The van der Waals surface area contributed by atoms with Crippen molar-refractivity contribution in [3.05, 3.63) is 47.5 Å². The zero-order valence-electron chi connectivity index (χ0n) is 15.0. The Hall–Kier alpha value is -2.74. The summed E-state index contributed by atoms with van der Waals surface area (Å²) in [6.07, 6.45) is 4.45. The molecule has 1 saturated carbocycles. The molecule has 1 saturated heterocycles. The van der Waals surface area contributed by atoms with E-state index >= 15 is 0 Å². The largest absolute Gasteiger partial charge is 0.380 e. The molecule has 8 nitrogen and oxygen atoms in total. The van der Waals surface area contributed by atoms with Crippen LogP contribution in [0.3, 0.4) is 0 Å². The van der Waals surface area contributed by atoms with Crippen molar-refractivity contribution in [3.8, 4) is 0 Å². The highest BCUT2D eigenvalue weighted by Crippen LogP contribution is 2.30. The molecule has 0 radical (unpaired) electrons. The zero-order valence-corrected chi connectivity index (χ0v) is 15.0. The van der Waals surface area contributed by atoms with E-state index < -0.39 is 12.1 Å². The lowest BCUT2D eigenvalue weighted by atomic mass is 9.95. The molecule has 1 aromatic heterocycles. The molecule has 1 atom stereocenters. The Morgan fingerprint density at radius 2 is 1.89 bits per heavy atom. The van der Waals surface area contributed by atoms with Gasteiger partial charge in [0.15, 0.2) is 5.82 Å². The normalized spacial score (nSPS) is 19.4. The number of benzene rings is 1. The fourth-order valence-electron chi connectivity index (χ4n) is 3.76. The minimum Gasteiger partial charge on any atom is -0.380 e. The fraction of sp³-hybridized carbons (Fsp3) is 0.474. The van der Waals surface area contributed by atoms with Crippen molar-refractivity contribution >= 4 is 11.9 Å². The molecule has 2 N–H and O–H groups in total. The number of amides is 3. The first kappa shape index (κ1) is 17.7. The van der Waals surface area contributed by atoms with Gasteiger partial charge in [-0.2, -0.15) is 5.10 Å². The van der Waals surface area contributed by atoms with Gasteiger partial charge >= 0.3 is 6.03 Å². The Morgan fingerprint density at radius 1 is 1.15 bits per heavy atom. The molecule has 0 unspecified atom stereocenters. The smallest absolute Gasteiger partial charge is 0.325 e. The van der Waals surface area contributed by atoms with Gasteiger partial charge in [-0.05, 0) is 18.4 Å². The lowest BCUT2D eigenvalue weighted by Gasteiger charge is -2.24. The van der Waals surface area contributed by atoms with Gasteiger partial charge in [0.25, 0.3) is 0 Å². The Kier molecular flexibility index (Phi) is 4.89. The summed E-state index contributed by atoms with van der Waals surface area (Å²) >= 11 is 0. The zero-order chi connectivity index (χ0) is 18.8. The summed E-state index contributed by atoms with van der Waals surface area (Å²) in [7, 11) is 0. The molecule has 1 aliphatic carbocycles. The SMILES string of the molecule is O=C1CNC(=O)N1Cc1nc([C@H](O)c2ccccc2)nn1C1CCCCC1. The molecule has 2 fully saturated rings. The maximum absolute atomic E-state index is 12.0. The van der Waals surface area contributed by atoms with Crippen molar-refractivity contribution < 1.29 is 14.7 Å². The van der Waals surface area contributed by atoms with Crippen LogP contribution in [0.1, 0.15) is 61.5 Å². The predicted octanol–water partition coefficient (Wildman–Crippen LogP) is 1.92. The summed E-state index contributed by atoms with van der Waals surface area (Å²) in [4.78, 5) is 29.6. The third-order valence-corrected chi connectivity index (χ3v) is 5.24. The molecule has 3 amide bonds. The summed E-state index contributed by atoms with van der Waals surface area (Å²) in [6, 6.07) is 9.00. The molecule has 4 rings (SSSR count). The van der Waals surface area contributed by atoms with E-state index in [0.29, 0.717) is 17.2 Å². The van der Waals surface area contributed by atoms with Crippen LogP contribution < -0.4 is 5.32 Å². The van der Waals surface area contributed by atoms with Gasteiger partial charge in [0.2, 0.25) is 5.91 Å². The molecule has 0 spiro atoms. The standard InChI is InChI=1S/C19H23N5O3/c25-16-11-20-19(27)23(16)12-15-21-18(17(26)13-7-3-1-4-8-13)22-24(15)14-9-5-2-6-10-14/h1,3-4,7-8,14,17,26H,2,5-6,9-12H2,(H,20,27)/t17-/m1/s1. The van der Waals surface area contributed by atoms with E-state index in [4.69, 9.17) is 0 Å². The van der Waals surface area contributed by atoms with E-state index in [1.807, 2.05) is 35.0 Å². The van der Waals surface area contributed by atoms with Crippen molar-refractivity contribution in [2.24, 2.45) is 0 Å². The van der Waals surface area contributed by atoms with Crippen LogP contribution in [-0.2, 0) is 11.3 Å². The van der Waals surface area contributed by atoms with Crippen LogP contribution in [0.4, 0.5) is 4.79 Å². The number of carbonyl (C=O) groups excluding carboxylic acids is 2. The summed E-state index contributed by atoms with van der Waals surface area (Å²) in [5.41, 5.74) is 0.708. The van der Waals surface area contributed by atoms with Gasteiger partial charge in [-0.1, -0.05) is 49.6 Å². The van der Waals surface area contributed by atoms with Crippen LogP contribution >= 0.6 is 0 Å². The average Bonchev–Trinajstić information content (AvgIpc) is 3.27. The molecule has 142 valence electrons. The number of aliphatic hydroxyl groups excluding tert-OH is 1. The number of hydrogen-bond acceptors (Lipinski definition) is 5. The minimum absolute atomic E-state index is 0.00982. The van der Waals surface area contributed by atoms with Crippen LogP contribution in [0.25, 0.3) is 0 Å². The van der Waals surface area contributed by atoms with E-state index in [2.05, 4.69) is 15.4 Å². The van der Waals surface area contributed by atoms with E-state index in [9.17, 15) is 14.7 Å². The second-order valence-corrected chi connectivity index (χ2v) is 7.07. The number of aromatic nitrogens is 3. The molecule has 2 aromatic rings. The van der Waals surface area contributed by atoms with Crippen molar-refractivity contribution in [2.45, 2.75) is 50.8 Å². The van der Waals surface area contributed by atoms with Crippen LogP contribution in [0.15, 0.2) is 30.3 Å². The average molecular weight is 369 g/mol. The number of urea groups is 1. The number of hydrogen-bond donors (Lipinski definition) is 2. The van der Waals surface area contributed by atoms with Crippen LogP contribution in [0.2, 0.25) is 0 Å². The van der Waals surface area contributed by atoms with Gasteiger partial charge in [0, 0.05) is 0 Å². The first-order valence-electron chi connectivity index (χ1n) is 9.40. The molecule has 0 bridgehead atoms. The summed E-state index contributed by atoms with van der Waals surface area (Å²) in [5.74, 6) is 0.564. The first-order chi connectivity index (χ1) is 13.1. The Labute approximate surface area is 157 Å². The lowest BCUT2D eigenvalue weighted by molar-refractivity contribution is -0.125. The Balaban J connectivity index is 1.66. The van der Waals surface area contributed by atoms with E-state index in [1.165, 1.54) is 6.42 Å². The van der Waals surface area contributed by atoms with Crippen molar-refractivity contribution in [2.75, 3.05) is 6.54 Å². The molecule has 8 heteroatoms. The molecular formula is C19H23N5O3. The van der Waals surface area contributed by atoms with Crippen molar-refractivity contribution in [1.29, 1.82) is 0 Å². The van der Waals surface area contributed by atoms with Crippen molar-refractivity contribution in [1.82, 2.24) is 25.0 Å². The van der Waals surface area contributed by atoms with Crippen molar-refractivity contribution in [3.63, 3.8) is 0 Å². The fourth-order valence-corrected chi connectivity index (χ4v) is 3.76. The number of rotatable bonds is 5. The molecule has 2 heterocycles. The Bertz CT molecular complexity index is 813. The topological polar surface area (TPSA) is 100 Å². The molecular weight excluding hydrogens is 346 g/mol. The first-order valence-corrected chi connectivity index (χ1v) is 9.40. The van der Waals surface area contributed by atoms with Gasteiger partial charge in [-0.15, -0.1) is 0 Å². The second-order valence-electron chi connectivity index (χ2n) is 7.07. The van der Waals surface area contributed by atoms with E-state index in [0.717, 1.165) is 30.6 Å². The van der Waals surface area contributed by atoms with Crippen LogP contribution in [0.5, 0.6) is 0 Å².